The minimum atomic E-state index is -0.625. The number of pyridine rings is 2. The van der Waals surface area contributed by atoms with Crippen LogP contribution in [-0.4, -0.2) is 89.6 Å². The van der Waals surface area contributed by atoms with E-state index in [1.807, 2.05) is 12.1 Å². The van der Waals surface area contributed by atoms with Gasteiger partial charge in [-0.05, 0) is 12.1 Å². The number of aromatic nitrogens is 8. The predicted octanol–water partition coefficient (Wildman–Crippen LogP) is 1.02. The van der Waals surface area contributed by atoms with E-state index in [-0.39, 0.29) is 5.56 Å². The van der Waals surface area contributed by atoms with Crippen LogP contribution in [0.2, 0.25) is 0 Å². The van der Waals surface area contributed by atoms with E-state index in [0.717, 1.165) is 11.2 Å². The molecule has 5 aromatic rings. The molecule has 13 nitrogen and oxygen atoms in total. The summed E-state index contributed by atoms with van der Waals surface area (Å²) in [5.41, 5.74) is 1.35. The minimum absolute atomic E-state index is 0.214. The van der Waals surface area contributed by atoms with Crippen LogP contribution < -0.4 is 9.64 Å². The van der Waals surface area contributed by atoms with E-state index >= 15 is 0 Å². The third-order valence-corrected chi connectivity index (χ3v) is 6.20. The van der Waals surface area contributed by atoms with Gasteiger partial charge in [-0.3, -0.25) is 9.59 Å². The third kappa shape index (κ3) is 3.48. The molecular formula is C23H20N10O3. The second kappa shape index (κ2) is 8.69. The fraction of sp³-hybridized carbons (Fsp3) is 0.217. The van der Waals surface area contributed by atoms with Crippen LogP contribution in [0.1, 0.15) is 10.4 Å². The number of amides is 1. The molecule has 1 aliphatic rings. The van der Waals surface area contributed by atoms with Crippen LogP contribution in [0.3, 0.4) is 0 Å². The van der Waals surface area contributed by atoms with Gasteiger partial charge in [-0.25, -0.2) is 29.6 Å². The molecule has 5 aromatic heterocycles. The first kappa shape index (κ1) is 21.6. The third-order valence-electron chi connectivity index (χ3n) is 6.20. The Labute approximate surface area is 203 Å². The highest BCUT2D eigenvalue weighted by Crippen LogP contribution is 2.32. The number of carbonyl (C=O) groups is 2. The van der Waals surface area contributed by atoms with Gasteiger partial charge in [-0.15, -0.1) is 0 Å². The van der Waals surface area contributed by atoms with E-state index in [9.17, 15) is 9.59 Å². The van der Waals surface area contributed by atoms with Crippen molar-refractivity contribution < 1.29 is 14.3 Å². The van der Waals surface area contributed by atoms with Gasteiger partial charge in [0.25, 0.3) is 11.7 Å². The monoisotopic (exact) mass is 484 g/mol. The highest BCUT2D eigenvalue weighted by atomic mass is 16.5. The zero-order valence-corrected chi connectivity index (χ0v) is 19.2. The first-order valence-electron chi connectivity index (χ1n) is 11.2. The van der Waals surface area contributed by atoms with Crippen molar-refractivity contribution in [2.24, 2.45) is 0 Å². The number of rotatable bonds is 5. The highest BCUT2D eigenvalue weighted by molar-refractivity contribution is 6.45. The number of hydrogen-bond acceptors (Lipinski definition) is 10. The molecule has 1 fully saturated rings. The van der Waals surface area contributed by atoms with Gasteiger partial charge < -0.3 is 19.5 Å². The molecule has 1 saturated heterocycles. The summed E-state index contributed by atoms with van der Waals surface area (Å²) in [6.07, 6.45) is 9.05. The average Bonchev–Trinajstić information content (AvgIpc) is 3.63. The molecule has 36 heavy (non-hydrogen) atoms. The Bertz CT molecular complexity index is 1580. The van der Waals surface area contributed by atoms with Crippen LogP contribution in [-0.2, 0) is 4.79 Å². The number of anilines is 1. The summed E-state index contributed by atoms with van der Waals surface area (Å²) in [6, 6.07) is 3.76. The summed E-state index contributed by atoms with van der Waals surface area (Å²) in [6.45, 7) is 1.80. The van der Waals surface area contributed by atoms with Gasteiger partial charge in [0, 0.05) is 38.6 Å². The van der Waals surface area contributed by atoms with Gasteiger partial charge in [-0.1, -0.05) is 0 Å². The maximum atomic E-state index is 13.3. The Morgan fingerprint density at radius 1 is 1.03 bits per heavy atom. The highest BCUT2D eigenvalue weighted by Gasteiger charge is 2.31. The largest absolute Gasteiger partial charge is 0.494 e. The first-order chi connectivity index (χ1) is 17.7. The summed E-state index contributed by atoms with van der Waals surface area (Å²) in [7, 11) is 1.49. The predicted molar refractivity (Wildman–Crippen MR) is 128 cm³/mol. The molecule has 0 bridgehead atoms. The maximum Gasteiger partial charge on any atom is 0.295 e. The molecule has 180 valence electrons. The van der Waals surface area contributed by atoms with Crippen molar-refractivity contribution in [1.82, 2.24) is 44.6 Å². The second-order valence-electron chi connectivity index (χ2n) is 8.12. The Morgan fingerprint density at radius 2 is 1.89 bits per heavy atom. The Balaban J connectivity index is 1.25. The summed E-state index contributed by atoms with van der Waals surface area (Å²) in [4.78, 5) is 54.5. The number of hydrogen-bond donors (Lipinski definition) is 1. The number of piperazine rings is 1. The molecule has 1 amide bonds. The topological polar surface area (TPSA) is 148 Å². The van der Waals surface area contributed by atoms with Crippen LogP contribution in [0.25, 0.3) is 27.8 Å². The first-order valence-corrected chi connectivity index (χ1v) is 11.2. The molecule has 6 heterocycles. The minimum Gasteiger partial charge on any atom is -0.494 e. The fourth-order valence-electron chi connectivity index (χ4n) is 4.44. The van der Waals surface area contributed by atoms with Crippen molar-refractivity contribution >= 4 is 39.4 Å². The summed E-state index contributed by atoms with van der Waals surface area (Å²) in [5.74, 6) is 0.378. The van der Waals surface area contributed by atoms with Crippen molar-refractivity contribution in [3.8, 4) is 11.6 Å². The Kier molecular flexibility index (Phi) is 5.21. The molecule has 13 heteroatoms. The van der Waals surface area contributed by atoms with E-state index in [2.05, 4.69) is 39.9 Å². The zero-order chi connectivity index (χ0) is 24.6. The number of aromatic amines is 1. The van der Waals surface area contributed by atoms with Gasteiger partial charge in [0.15, 0.2) is 11.5 Å². The Hall–Kier alpha value is -4.94. The van der Waals surface area contributed by atoms with Crippen LogP contribution in [0.5, 0.6) is 5.75 Å². The number of ketones is 1. The molecule has 0 radical (unpaired) electrons. The van der Waals surface area contributed by atoms with Crippen molar-refractivity contribution in [1.29, 1.82) is 0 Å². The van der Waals surface area contributed by atoms with Crippen LogP contribution in [0.15, 0.2) is 49.7 Å². The molecule has 0 aromatic carbocycles. The van der Waals surface area contributed by atoms with E-state index in [1.165, 1.54) is 43.2 Å². The molecule has 1 aliphatic heterocycles. The molecule has 1 N–H and O–H groups in total. The van der Waals surface area contributed by atoms with Crippen LogP contribution in [0, 0.1) is 0 Å². The zero-order valence-electron chi connectivity index (χ0n) is 19.2. The number of carbonyl (C=O) groups excluding carboxylic acids is 2. The van der Waals surface area contributed by atoms with Gasteiger partial charge in [-0.2, -0.15) is 5.10 Å². The lowest BCUT2D eigenvalue weighted by Gasteiger charge is -2.35. The van der Waals surface area contributed by atoms with Crippen molar-refractivity contribution in [3.63, 3.8) is 0 Å². The lowest BCUT2D eigenvalue weighted by atomic mass is 10.1. The molecule has 0 unspecified atom stereocenters. The Morgan fingerprint density at radius 3 is 2.67 bits per heavy atom. The number of methoxy groups -OCH3 is 1. The molecule has 0 aliphatic carbocycles. The number of fused-ring (bicyclic) bond motifs is 2. The lowest BCUT2D eigenvalue weighted by Crippen LogP contribution is -2.51. The normalized spacial score (nSPS) is 13.9. The summed E-state index contributed by atoms with van der Waals surface area (Å²) < 4.78 is 6.92. The van der Waals surface area contributed by atoms with Crippen molar-refractivity contribution in [3.05, 3.63) is 55.3 Å². The SMILES string of the molecule is COc1cnc(-n2cncn2)c2[nH]cc(C(=O)C(=O)N3CCN(c4ncnc5ncccc45)CC3)c12. The second-order valence-corrected chi connectivity index (χ2v) is 8.12. The number of ether oxygens (including phenoxy) is 1. The smallest absolute Gasteiger partial charge is 0.295 e. The fourth-order valence-corrected chi connectivity index (χ4v) is 4.44. The van der Waals surface area contributed by atoms with Gasteiger partial charge in [0.05, 0.1) is 35.2 Å². The number of nitrogens with zero attached hydrogens (tertiary/aromatic N) is 9. The lowest BCUT2D eigenvalue weighted by molar-refractivity contribution is -0.126. The van der Waals surface area contributed by atoms with Crippen LogP contribution >= 0.6 is 0 Å². The maximum absolute atomic E-state index is 13.3. The molecule has 0 saturated carbocycles. The molecule has 0 spiro atoms. The standard InChI is InChI=1S/C23H20N10O3/c1-36-16-10-27-22(33-13-24-11-30-33)18-17(16)15(9-26-18)19(34)23(35)32-7-5-31(6-8-32)21-14-3-2-4-25-20(14)28-12-29-21/h2-4,9-13,26H,5-8H2,1H3. The average molecular weight is 484 g/mol. The summed E-state index contributed by atoms with van der Waals surface area (Å²) in [5, 5.41) is 5.42. The van der Waals surface area contributed by atoms with Gasteiger partial charge in [0.1, 0.15) is 30.5 Å². The van der Waals surface area contributed by atoms with E-state index in [0.29, 0.717) is 54.3 Å². The molecule has 6 rings (SSSR count). The number of Topliss-reactive ketones (excluding diaryl/α,β-unsaturated/α-hetero) is 1. The number of H-pyrrole nitrogens is 1. The van der Waals surface area contributed by atoms with Crippen LogP contribution in [0.4, 0.5) is 5.82 Å². The summed E-state index contributed by atoms with van der Waals surface area (Å²) >= 11 is 0. The van der Waals surface area contributed by atoms with Gasteiger partial charge >= 0.3 is 0 Å². The van der Waals surface area contributed by atoms with E-state index < -0.39 is 11.7 Å². The van der Waals surface area contributed by atoms with E-state index in [1.54, 1.807) is 11.1 Å². The number of nitrogens with one attached hydrogen (secondary N) is 1. The van der Waals surface area contributed by atoms with Gasteiger partial charge in [0.2, 0.25) is 0 Å². The molecule has 0 atom stereocenters. The van der Waals surface area contributed by atoms with Crippen molar-refractivity contribution in [2.45, 2.75) is 0 Å². The quantitative estimate of drug-likeness (QED) is 0.283. The molecular weight excluding hydrogens is 464 g/mol. The van der Waals surface area contributed by atoms with E-state index in [4.69, 9.17) is 4.74 Å². The van der Waals surface area contributed by atoms with Crippen molar-refractivity contribution in [2.75, 3.05) is 38.2 Å².